The Balaban J connectivity index is 2.62. The van der Waals surface area contributed by atoms with Gasteiger partial charge in [0, 0.05) is 17.7 Å². The number of ether oxygens (including phenoxy) is 1. The molecule has 1 aromatic rings. The third-order valence-electron chi connectivity index (χ3n) is 2.43. The van der Waals surface area contributed by atoms with Gasteiger partial charge in [0.05, 0.1) is 6.61 Å². The van der Waals surface area contributed by atoms with E-state index < -0.39 is 0 Å². The highest BCUT2D eigenvalue weighted by atomic mass is 35.5. The molecule has 1 atom stereocenters. The second-order valence-corrected chi connectivity index (χ2v) is 4.23. The van der Waals surface area contributed by atoms with Gasteiger partial charge in [-0.25, -0.2) is 0 Å². The SMILES string of the molecule is CCOCC(Cc1ccc(C)cc1Cl)NN. The number of benzene rings is 1. The molecule has 0 saturated heterocycles. The smallest absolute Gasteiger partial charge is 0.0636 e. The predicted octanol–water partition coefficient (Wildman–Crippen LogP) is 2.06. The Morgan fingerprint density at radius 1 is 1.50 bits per heavy atom. The van der Waals surface area contributed by atoms with E-state index in [4.69, 9.17) is 22.2 Å². The average Bonchev–Trinajstić information content (AvgIpc) is 2.27. The zero-order valence-corrected chi connectivity index (χ0v) is 10.6. The van der Waals surface area contributed by atoms with Crippen molar-refractivity contribution in [2.45, 2.75) is 26.3 Å². The standard InChI is InChI=1S/C12H19ClN2O/c1-3-16-8-11(15-14)7-10-5-4-9(2)6-12(10)13/h4-6,11,15H,3,7-8,14H2,1-2H3. The van der Waals surface area contributed by atoms with Gasteiger partial charge in [-0.3, -0.25) is 11.3 Å². The molecular formula is C12H19ClN2O. The van der Waals surface area contributed by atoms with Gasteiger partial charge in [0.2, 0.25) is 0 Å². The van der Waals surface area contributed by atoms with E-state index in [1.165, 1.54) is 0 Å². The van der Waals surface area contributed by atoms with Gasteiger partial charge in [0.15, 0.2) is 0 Å². The lowest BCUT2D eigenvalue weighted by Gasteiger charge is -2.16. The van der Waals surface area contributed by atoms with Gasteiger partial charge in [0.1, 0.15) is 0 Å². The maximum atomic E-state index is 6.16. The van der Waals surface area contributed by atoms with E-state index in [2.05, 4.69) is 11.5 Å². The van der Waals surface area contributed by atoms with Crippen molar-refractivity contribution in [2.24, 2.45) is 5.84 Å². The van der Waals surface area contributed by atoms with Crippen LogP contribution in [0.2, 0.25) is 5.02 Å². The predicted molar refractivity (Wildman–Crippen MR) is 67.5 cm³/mol. The first-order valence-corrected chi connectivity index (χ1v) is 5.84. The zero-order valence-electron chi connectivity index (χ0n) is 9.79. The van der Waals surface area contributed by atoms with Crippen LogP contribution in [0.5, 0.6) is 0 Å². The van der Waals surface area contributed by atoms with Crippen molar-refractivity contribution in [3.63, 3.8) is 0 Å². The molecule has 3 nitrogen and oxygen atoms in total. The first-order valence-electron chi connectivity index (χ1n) is 5.46. The van der Waals surface area contributed by atoms with E-state index in [0.29, 0.717) is 13.2 Å². The van der Waals surface area contributed by atoms with E-state index in [0.717, 1.165) is 22.6 Å². The van der Waals surface area contributed by atoms with Crippen molar-refractivity contribution < 1.29 is 4.74 Å². The fourth-order valence-corrected chi connectivity index (χ4v) is 1.82. The highest BCUT2D eigenvalue weighted by Crippen LogP contribution is 2.19. The minimum atomic E-state index is 0.0974. The summed E-state index contributed by atoms with van der Waals surface area (Å²) in [5.74, 6) is 5.47. The highest BCUT2D eigenvalue weighted by Gasteiger charge is 2.10. The lowest BCUT2D eigenvalue weighted by Crippen LogP contribution is -2.40. The van der Waals surface area contributed by atoms with E-state index >= 15 is 0 Å². The molecular weight excluding hydrogens is 224 g/mol. The number of nitrogens with two attached hydrogens (primary N) is 1. The summed E-state index contributed by atoms with van der Waals surface area (Å²) >= 11 is 6.16. The molecule has 1 rings (SSSR count). The van der Waals surface area contributed by atoms with Gasteiger partial charge < -0.3 is 4.74 Å². The minimum absolute atomic E-state index is 0.0974. The largest absolute Gasteiger partial charge is 0.380 e. The van der Waals surface area contributed by atoms with Gasteiger partial charge >= 0.3 is 0 Å². The number of hydrogen-bond donors (Lipinski definition) is 2. The van der Waals surface area contributed by atoms with Crippen molar-refractivity contribution >= 4 is 11.6 Å². The third-order valence-corrected chi connectivity index (χ3v) is 2.79. The van der Waals surface area contributed by atoms with E-state index in [9.17, 15) is 0 Å². The summed E-state index contributed by atoms with van der Waals surface area (Å²) < 4.78 is 5.34. The number of halogens is 1. The summed E-state index contributed by atoms with van der Waals surface area (Å²) in [5, 5.41) is 0.789. The lowest BCUT2D eigenvalue weighted by molar-refractivity contribution is 0.123. The third kappa shape index (κ3) is 4.10. The molecule has 0 saturated carbocycles. The molecule has 0 aliphatic heterocycles. The molecule has 16 heavy (non-hydrogen) atoms. The van der Waals surface area contributed by atoms with Crippen LogP contribution in [0.25, 0.3) is 0 Å². The number of hydrazine groups is 1. The van der Waals surface area contributed by atoms with Crippen molar-refractivity contribution in [1.82, 2.24) is 5.43 Å². The Hall–Kier alpha value is -0.610. The van der Waals surface area contributed by atoms with E-state index in [1.807, 2.05) is 26.0 Å². The first-order chi connectivity index (χ1) is 7.67. The fraction of sp³-hybridized carbons (Fsp3) is 0.500. The molecule has 0 fully saturated rings. The maximum Gasteiger partial charge on any atom is 0.0636 e. The molecule has 0 spiro atoms. The summed E-state index contributed by atoms with van der Waals surface area (Å²) in [6.45, 7) is 5.28. The van der Waals surface area contributed by atoms with Gasteiger partial charge in [0.25, 0.3) is 0 Å². The average molecular weight is 243 g/mol. The zero-order chi connectivity index (χ0) is 12.0. The van der Waals surface area contributed by atoms with Crippen LogP contribution in [-0.2, 0) is 11.2 Å². The summed E-state index contributed by atoms with van der Waals surface area (Å²) in [5.41, 5.74) is 5.00. The minimum Gasteiger partial charge on any atom is -0.380 e. The van der Waals surface area contributed by atoms with Crippen molar-refractivity contribution in [1.29, 1.82) is 0 Å². The summed E-state index contributed by atoms with van der Waals surface area (Å²) in [7, 11) is 0. The van der Waals surface area contributed by atoms with E-state index in [-0.39, 0.29) is 6.04 Å². The molecule has 0 aromatic heterocycles. The van der Waals surface area contributed by atoms with Crippen LogP contribution < -0.4 is 11.3 Å². The Morgan fingerprint density at radius 3 is 2.81 bits per heavy atom. The number of aryl methyl sites for hydroxylation is 1. The summed E-state index contributed by atoms with van der Waals surface area (Å²) in [6, 6.07) is 6.15. The molecule has 3 N–H and O–H groups in total. The van der Waals surface area contributed by atoms with Crippen LogP contribution in [0.4, 0.5) is 0 Å². The molecule has 1 aromatic carbocycles. The fourth-order valence-electron chi connectivity index (χ4n) is 1.51. The van der Waals surface area contributed by atoms with E-state index in [1.54, 1.807) is 0 Å². The van der Waals surface area contributed by atoms with Crippen molar-refractivity contribution in [3.05, 3.63) is 34.3 Å². The molecule has 90 valence electrons. The summed E-state index contributed by atoms with van der Waals surface area (Å²) in [4.78, 5) is 0. The van der Waals surface area contributed by atoms with Crippen LogP contribution in [-0.4, -0.2) is 19.3 Å². The molecule has 0 bridgehead atoms. The maximum absolute atomic E-state index is 6.16. The monoisotopic (exact) mass is 242 g/mol. The van der Waals surface area contributed by atoms with Gasteiger partial charge in [-0.1, -0.05) is 23.7 Å². The van der Waals surface area contributed by atoms with Crippen molar-refractivity contribution in [3.8, 4) is 0 Å². The molecule has 0 radical (unpaired) electrons. The Bertz CT molecular complexity index is 331. The molecule has 0 aliphatic carbocycles. The van der Waals surface area contributed by atoms with Gasteiger partial charge in [-0.15, -0.1) is 0 Å². The first kappa shape index (κ1) is 13.5. The molecule has 4 heteroatoms. The van der Waals surface area contributed by atoms with Crippen LogP contribution in [0, 0.1) is 6.92 Å². The quantitative estimate of drug-likeness (QED) is 0.593. The van der Waals surface area contributed by atoms with Crippen LogP contribution in [0.1, 0.15) is 18.1 Å². The van der Waals surface area contributed by atoms with Crippen molar-refractivity contribution in [2.75, 3.05) is 13.2 Å². The second kappa shape index (κ2) is 6.86. The van der Waals surface area contributed by atoms with Gasteiger partial charge in [-0.2, -0.15) is 0 Å². The lowest BCUT2D eigenvalue weighted by atomic mass is 10.1. The highest BCUT2D eigenvalue weighted by molar-refractivity contribution is 6.31. The molecule has 0 heterocycles. The Morgan fingerprint density at radius 2 is 2.25 bits per heavy atom. The number of nitrogens with one attached hydrogen (secondary N) is 1. The summed E-state index contributed by atoms with van der Waals surface area (Å²) in [6.07, 6.45) is 0.773. The van der Waals surface area contributed by atoms with Gasteiger partial charge in [-0.05, 0) is 37.5 Å². The number of rotatable bonds is 6. The van der Waals surface area contributed by atoms with Crippen LogP contribution in [0.15, 0.2) is 18.2 Å². The van der Waals surface area contributed by atoms with Crippen LogP contribution in [0.3, 0.4) is 0 Å². The Kier molecular flexibility index (Phi) is 5.77. The topological polar surface area (TPSA) is 47.3 Å². The molecule has 1 unspecified atom stereocenters. The molecule has 0 amide bonds. The van der Waals surface area contributed by atoms with Crippen LogP contribution >= 0.6 is 11.6 Å². The molecule has 0 aliphatic rings. The second-order valence-electron chi connectivity index (χ2n) is 3.82. The normalized spacial score (nSPS) is 12.8. The number of hydrogen-bond acceptors (Lipinski definition) is 3. The Labute approximate surface area is 102 Å².